The van der Waals surface area contributed by atoms with E-state index in [1.165, 1.54) is 5.56 Å². The molecule has 2 aromatic rings. The zero-order chi connectivity index (χ0) is 12.8. The lowest BCUT2D eigenvalue weighted by Gasteiger charge is -2.16. The van der Waals surface area contributed by atoms with Crippen molar-refractivity contribution >= 4 is 11.6 Å². The smallest absolute Gasteiger partial charge is 0.193 e. The summed E-state index contributed by atoms with van der Waals surface area (Å²) in [4.78, 5) is 0. The van der Waals surface area contributed by atoms with Crippen LogP contribution in [0, 0.1) is 0 Å². The summed E-state index contributed by atoms with van der Waals surface area (Å²) in [7, 11) is 0. The molecule has 1 N–H and O–H groups in total. The van der Waals surface area contributed by atoms with Crippen molar-refractivity contribution in [1.82, 2.24) is 5.32 Å². The van der Waals surface area contributed by atoms with Crippen molar-refractivity contribution in [1.29, 1.82) is 0 Å². The second-order valence-electron chi connectivity index (χ2n) is 4.34. The average Bonchev–Trinajstić information content (AvgIpc) is 2.82. The Balaban J connectivity index is 2.10. The highest BCUT2D eigenvalue weighted by Crippen LogP contribution is 2.23. The summed E-state index contributed by atoms with van der Waals surface area (Å²) in [6.07, 6.45) is 2.00. The van der Waals surface area contributed by atoms with Gasteiger partial charge in [0.2, 0.25) is 0 Å². The normalized spacial score (nSPS) is 12.6. The molecule has 0 fully saturated rings. The van der Waals surface area contributed by atoms with E-state index in [-0.39, 0.29) is 6.04 Å². The van der Waals surface area contributed by atoms with Gasteiger partial charge < -0.3 is 9.73 Å². The Morgan fingerprint density at radius 2 is 1.94 bits per heavy atom. The lowest BCUT2D eigenvalue weighted by atomic mass is 10.0. The third-order valence-corrected chi connectivity index (χ3v) is 3.06. The van der Waals surface area contributed by atoms with E-state index in [0.29, 0.717) is 5.22 Å². The fourth-order valence-corrected chi connectivity index (χ4v) is 2.11. The van der Waals surface area contributed by atoms with Crippen LogP contribution in [0.1, 0.15) is 30.7 Å². The highest BCUT2D eigenvalue weighted by atomic mass is 35.5. The van der Waals surface area contributed by atoms with Gasteiger partial charge in [-0.25, -0.2) is 0 Å². The molecule has 18 heavy (non-hydrogen) atoms. The van der Waals surface area contributed by atoms with Crippen LogP contribution in [-0.4, -0.2) is 6.54 Å². The highest BCUT2D eigenvalue weighted by molar-refractivity contribution is 6.28. The molecule has 0 radical (unpaired) electrons. The molecule has 0 aliphatic rings. The predicted octanol–water partition coefficient (Wildman–Crippen LogP) is 4.22. The standard InChI is InChI=1S/C15H18ClNO/c1-2-10-17-13(14-8-9-15(16)18-14)11-12-6-4-3-5-7-12/h3-9,13,17H,2,10-11H2,1H3. The Hall–Kier alpha value is -1.25. The van der Waals surface area contributed by atoms with Crippen molar-refractivity contribution in [3.63, 3.8) is 0 Å². The van der Waals surface area contributed by atoms with E-state index >= 15 is 0 Å². The first-order chi connectivity index (χ1) is 8.79. The summed E-state index contributed by atoms with van der Waals surface area (Å²) in [5.74, 6) is 0.900. The zero-order valence-electron chi connectivity index (χ0n) is 10.5. The largest absolute Gasteiger partial charge is 0.448 e. The van der Waals surface area contributed by atoms with Crippen LogP contribution in [0.3, 0.4) is 0 Å². The number of hydrogen-bond acceptors (Lipinski definition) is 2. The van der Waals surface area contributed by atoms with Gasteiger partial charge in [-0.3, -0.25) is 0 Å². The molecule has 2 rings (SSSR count). The van der Waals surface area contributed by atoms with Gasteiger partial charge in [0, 0.05) is 0 Å². The summed E-state index contributed by atoms with van der Waals surface area (Å²) in [6, 6.07) is 14.3. The van der Waals surface area contributed by atoms with Crippen LogP contribution in [0.25, 0.3) is 0 Å². The van der Waals surface area contributed by atoms with Crippen molar-refractivity contribution in [3.8, 4) is 0 Å². The minimum Gasteiger partial charge on any atom is -0.448 e. The molecular formula is C15H18ClNO. The molecule has 0 saturated heterocycles. The number of hydrogen-bond donors (Lipinski definition) is 1. The van der Waals surface area contributed by atoms with E-state index in [9.17, 15) is 0 Å². The Morgan fingerprint density at radius 3 is 2.56 bits per heavy atom. The zero-order valence-corrected chi connectivity index (χ0v) is 11.3. The quantitative estimate of drug-likeness (QED) is 0.844. The number of nitrogens with one attached hydrogen (secondary N) is 1. The summed E-state index contributed by atoms with van der Waals surface area (Å²) in [5.41, 5.74) is 1.29. The molecule has 0 spiro atoms. The third kappa shape index (κ3) is 3.62. The molecule has 0 aliphatic heterocycles. The average molecular weight is 264 g/mol. The molecule has 0 saturated carbocycles. The van der Waals surface area contributed by atoms with E-state index in [0.717, 1.165) is 25.1 Å². The minimum absolute atomic E-state index is 0.180. The molecule has 1 heterocycles. The van der Waals surface area contributed by atoms with Gasteiger partial charge in [0.15, 0.2) is 5.22 Å². The van der Waals surface area contributed by atoms with Crippen molar-refractivity contribution in [2.45, 2.75) is 25.8 Å². The van der Waals surface area contributed by atoms with E-state index in [2.05, 4.69) is 36.5 Å². The van der Waals surface area contributed by atoms with Gasteiger partial charge in [-0.2, -0.15) is 0 Å². The van der Waals surface area contributed by atoms with Crippen LogP contribution >= 0.6 is 11.6 Å². The fourth-order valence-electron chi connectivity index (χ4n) is 1.96. The molecule has 0 aliphatic carbocycles. The Kier molecular flexibility index (Phi) is 4.85. The summed E-state index contributed by atoms with van der Waals surface area (Å²) in [6.45, 7) is 3.12. The maximum absolute atomic E-state index is 5.85. The Morgan fingerprint density at radius 1 is 1.17 bits per heavy atom. The van der Waals surface area contributed by atoms with Crippen LogP contribution < -0.4 is 5.32 Å². The van der Waals surface area contributed by atoms with Gasteiger partial charge in [0.25, 0.3) is 0 Å². The van der Waals surface area contributed by atoms with Gasteiger partial charge in [-0.15, -0.1) is 0 Å². The van der Waals surface area contributed by atoms with Crippen LogP contribution in [0.5, 0.6) is 0 Å². The molecule has 2 nitrogen and oxygen atoms in total. The SMILES string of the molecule is CCCNC(Cc1ccccc1)c1ccc(Cl)o1. The third-order valence-electron chi connectivity index (χ3n) is 2.86. The monoisotopic (exact) mass is 263 g/mol. The van der Waals surface area contributed by atoms with Gasteiger partial charge in [-0.05, 0) is 48.7 Å². The topological polar surface area (TPSA) is 25.2 Å². The van der Waals surface area contributed by atoms with Crippen molar-refractivity contribution in [3.05, 3.63) is 59.0 Å². The van der Waals surface area contributed by atoms with Gasteiger partial charge in [-0.1, -0.05) is 37.3 Å². The minimum atomic E-state index is 0.180. The van der Waals surface area contributed by atoms with Crippen LogP contribution in [0.15, 0.2) is 46.9 Å². The van der Waals surface area contributed by atoms with Crippen LogP contribution in [0.4, 0.5) is 0 Å². The van der Waals surface area contributed by atoms with Crippen molar-refractivity contribution in [2.75, 3.05) is 6.54 Å². The molecular weight excluding hydrogens is 246 g/mol. The molecule has 96 valence electrons. The summed E-state index contributed by atoms with van der Waals surface area (Å²) < 4.78 is 5.52. The van der Waals surface area contributed by atoms with E-state index in [1.54, 1.807) is 6.07 Å². The van der Waals surface area contributed by atoms with Crippen molar-refractivity contribution in [2.24, 2.45) is 0 Å². The molecule has 3 heteroatoms. The summed E-state index contributed by atoms with van der Waals surface area (Å²) in [5, 5.41) is 3.94. The van der Waals surface area contributed by atoms with E-state index in [1.807, 2.05) is 12.1 Å². The Labute approximate surface area is 113 Å². The number of halogens is 1. The van der Waals surface area contributed by atoms with Gasteiger partial charge in [0.1, 0.15) is 5.76 Å². The number of furan rings is 1. The van der Waals surface area contributed by atoms with E-state index in [4.69, 9.17) is 16.0 Å². The van der Waals surface area contributed by atoms with E-state index < -0.39 is 0 Å². The number of rotatable bonds is 6. The van der Waals surface area contributed by atoms with Gasteiger partial charge >= 0.3 is 0 Å². The second-order valence-corrected chi connectivity index (χ2v) is 4.71. The molecule has 1 aromatic carbocycles. The summed E-state index contributed by atoms with van der Waals surface area (Å²) >= 11 is 5.85. The Bertz CT molecular complexity index is 466. The molecule has 1 atom stereocenters. The van der Waals surface area contributed by atoms with Gasteiger partial charge in [0.05, 0.1) is 6.04 Å². The molecule has 1 aromatic heterocycles. The fraction of sp³-hybridized carbons (Fsp3) is 0.333. The first-order valence-electron chi connectivity index (χ1n) is 6.32. The van der Waals surface area contributed by atoms with Crippen LogP contribution in [-0.2, 0) is 6.42 Å². The molecule has 1 unspecified atom stereocenters. The first kappa shape index (κ1) is 13.2. The maximum atomic E-state index is 5.85. The number of benzene rings is 1. The first-order valence-corrected chi connectivity index (χ1v) is 6.70. The maximum Gasteiger partial charge on any atom is 0.193 e. The molecule has 0 bridgehead atoms. The van der Waals surface area contributed by atoms with Crippen molar-refractivity contribution < 1.29 is 4.42 Å². The highest BCUT2D eigenvalue weighted by Gasteiger charge is 2.15. The lowest BCUT2D eigenvalue weighted by Crippen LogP contribution is -2.23. The lowest BCUT2D eigenvalue weighted by molar-refractivity contribution is 0.411. The van der Waals surface area contributed by atoms with Crippen LogP contribution in [0.2, 0.25) is 5.22 Å². The predicted molar refractivity (Wildman–Crippen MR) is 74.9 cm³/mol. The second kappa shape index (κ2) is 6.62. The molecule has 0 amide bonds.